The fourth-order valence-electron chi connectivity index (χ4n) is 1.44. The molecule has 7 heteroatoms. The number of esters is 2. The molecule has 0 atom stereocenters. The van der Waals surface area contributed by atoms with E-state index in [2.05, 4.69) is 10.3 Å². The molecule has 0 aliphatic carbocycles. The highest BCUT2D eigenvalue weighted by Gasteiger charge is 2.16. The highest BCUT2D eigenvalue weighted by molar-refractivity contribution is 5.94. The number of hydrogen-bond donors (Lipinski definition) is 2. The van der Waals surface area contributed by atoms with E-state index in [-0.39, 0.29) is 36.8 Å². The third-order valence-corrected chi connectivity index (χ3v) is 2.35. The Morgan fingerprint density at radius 1 is 1.33 bits per heavy atom. The molecule has 0 aliphatic heterocycles. The largest absolute Gasteiger partial charge is 0.504 e. The van der Waals surface area contributed by atoms with Crippen LogP contribution in [0.1, 0.15) is 20.3 Å². The van der Waals surface area contributed by atoms with Gasteiger partial charge in [-0.1, -0.05) is 0 Å². The summed E-state index contributed by atoms with van der Waals surface area (Å²) in [6.07, 6.45) is 2.52. The Hall–Kier alpha value is -2.57. The van der Waals surface area contributed by atoms with Crippen molar-refractivity contribution < 1.29 is 24.2 Å². The van der Waals surface area contributed by atoms with Crippen molar-refractivity contribution in [3.8, 4) is 5.75 Å². The smallest absolute Gasteiger partial charge is 0.336 e. The molecule has 114 valence electrons. The Bertz CT molecular complexity index is 528. The molecule has 0 radical (unpaired) electrons. The normalized spacial score (nSPS) is 10.9. The van der Waals surface area contributed by atoms with E-state index >= 15 is 0 Å². The third-order valence-electron chi connectivity index (χ3n) is 2.35. The van der Waals surface area contributed by atoms with Gasteiger partial charge in [0.15, 0.2) is 11.6 Å². The number of hydrogen-bond acceptors (Lipinski definition) is 7. The van der Waals surface area contributed by atoms with Gasteiger partial charge < -0.3 is 19.9 Å². The number of nitrogens with zero attached hydrogens (tertiary/aromatic N) is 1. The summed E-state index contributed by atoms with van der Waals surface area (Å²) in [7, 11) is 0. The number of aromatic nitrogens is 1. The summed E-state index contributed by atoms with van der Waals surface area (Å²) in [6.45, 7) is 3.75. The first-order valence-electron chi connectivity index (χ1n) is 6.50. The molecule has 0 unspecified atom stereocenters. The van der Waals surface area contributed by atoms with Crippen LogP contribution in [0.3, 0.4) is 0 Å². The van der Waals surface area contributed by atoms with Crippen LogP contribution in [-0.2, 0) is 19.1 Å². The van der Waals surface area contributed by atoms with Crippen LogP contribution in [0.25, 0.3) is 0 Å². The molecule has 0 fully saturated rings. The zero-order valence-electron chi connectivity index (χ0n) is 12.0. The van der Waals surface area contributed by atoms with Crippen molar-refractivity contribution in [1.82, 2.24) is 4.98 Å². The predicted molar refractivity (Wildman–Crippen MR) is 75.5 cm³/mol. The van der Waals surface area contributed by atoms with Gasteiger partial charge >= 0.3 is 11.9 Å². The lowest BCUT2D eigenvalue weighted by molar-refractivity contribution is -0.145. The molecule has 0 saturated carbocycles. The maximum atomic E-state index is 11.8. The molecule has 1 aromatic rings. The molecule has 1 heterocycles. The van der Waals surface area contributed by atoms with Crippen molar-refractivity contribution in [2.75, 3.05) is 18.5 Å². The maximum absolute atomic E-state index is 11.8. The molecule has 0 amide bonds. The second-order valence-electron chi connectivity index (χ2n) is 3.89. The minimum absolute atomic E-state index is 0.0758. The van der Waals surface area contributed by atoms with Gasteiger partial charge in [0.25, 0.3) is 0 Å². The second-order valence-corrected chi connectivity index (χ2v) is 3.89. The van der Waals surface area contributed by atoms with Crippen LogP contribution in [0.15, 0.2) is 30.1 Å². The first kappa shape index (κ1) is 16.5. The minimum atomic E-state index is -0.631. The summed E-state index contributed by atoms with van der Waals surface area (Å²) in [5.74, 6) is -1.08. The van der Waals surface area contributed by atoms with Crippen molar-refractivity contribution in [2.45, 2.75) is 20.3 Å². The number of carbonyl (C=O) groups is 2. The van der Waals surface area contributed by atoms with Crippen LogP contribution < -0.4 is 5.32 Å². The number of carbonyl (C=O) groups excluding carboxylic acids is 2. The van der Waals surface area contributed by atoms with Crippen LogP contribution in [0.2, 0.25) is 0 Å². The van der Waals surface area contributed by atoms with E-state index < -0.39 is 11.9 Å². The SMILES string of the molecule is CCOC(=O)C/C(=C/Nc1ncccc1O)C(=O)OCC. The number of aromatic hydroxyl groups is 1. The van der Waals surface area contributed by atoms with Gasteiger partial charge in [-0.3, -0.25) is 4.79 Å². The number of ether oxygens (including phenoxy) is 2. The molecule has 0 aliphatic rings. The average Bonchev–Trinajstić information content (AvgIpc) is 2.45. The Morgan fingerprint density at radius 2 is 2.05 bits per heavy atom. The molecule has 21 heavy (non-hydrogen) atoms. The first-order chi connectivity index (χ1) is 10.1. The van der Waals surface area contributed by atoms with Crippen LogP contribution >= 0.6 is 0 Å². The average molecular weight is 294 g/mol. The predicted octanol–water partition coefficient (Wildman–Crippen LogP) is 1.60. The lowest BCUT2D eigenvalue weighted by Crippen LogP contribution is -2.15. The lowest BCUT2D eigenvalue weighted by atomic mass is 10.2. The Labute approximate surface area is 122 Å². The lowest BCUT2D eigenvalue weighted by Gasteiger charge is -2.08. The Balaban J connectivity index is 2.84. The van der Waals surface area contributed by atoms with E-state index in [9.17, 15) is 14.7 Å². The van der Waals surface area contributed by atoms with E-state index in [1.807, 2.05) is 0 Å². The van der Waals surface area contributed by atoms with E-state index in [4.69, 9.17) is 9.47 Å². The van der Waals surface area contributed by atoms with Crippen molar-refractivity contribution in [1.29, 1.82) is 0 Å². The zero-order valence-corrected chi connectivity index (χ0v) is 12.0. The molecule has 1 aromatic heterocycles. The number of rotatable bonds is 7. The van der Waals surface area contributed by atoms with Gasteiger partial charge in [-0.25, -0.2) is 9.78 Å². The molecule has 0 saturated heterocycles. The van der Waals surface area contributed by atoms with Gasteiger partial charge in [0.05, 0.1) is 25.2 Å². The molecule has 2 N–H and O–H groups in total. The molecule has 0 spiro atoms. The van der Waals surface area contributed by atoms with Crippen LogP contribution in [-0.4, -0.2) is 35.2 Å². The summed E-state index contributed by atoms with van der Waals surface area (Å²) >= 11 is 0. The second kappa shape index (κ2) is 8.57. The molecule has 0 bridgehead atoms. The van der Waals surface area contributed by atoms with Crippen LogP contribution in [0.4, 0.5) is 5.82 Å². The van der Waals surface area contributed by atoms with Gasteiger partial charge in [0.2, 0.25) is 0 Å². The Kier molecular flexibility index (Phi) is 6.73. The zero-order chi connectivity index (χ0) is 15.7. The summed E-state index contributed by atoms with van der Waals surface area (Å²) in [4.78, 5) is 27.1. The van der Waals surface area contributed by atoms with Crippen LogP contribution in [0.5, 0.6) is 5.75 Å². The molecular formula is C14H18N2O5. The van der Waals surface area contributed by atoms with Crippen molar-refractivity contribution in [3.05, 3.63) is 30.1 Å². The van der Waals surface area contributed by atoms with E-state index in [1.165, 1.54) is 18.5 Å². The minimum Gasteiger partial charge on any atom is -0.504 e. The standard InChI is InChI=1S/C14H18N2O5/c1-3-20-12(18)8-10(14(19)21-4-2)9-16-13-11(17)6-5-7-15-13/h5-7,9,17H,3-4,8H2,1-2H3,(H,15,16)/b10-9-. The van der Waals surface area contributed by atoms with Gasteiger partial charge in [-0.2, -0.15) is 0 Å². The third kappa shape index (κ3) is 5.52. The Morgan fingerprint density at radius 3 is 2.67 bits per heavy atom. The summed E-state index contributed by atoms with van der Waals surface area (Å²) in [5, 5.41) is 12.2. The van der Waals surface area contributed by atoms with Crippen LogP contribution in [0, 0.1) is 0 Å². The van der Waals surface area contributed by atoms with E-state index in [0.717, 1.165) is 0 Å². The monoisotopic (exact) mass is 294 g/mol. The summed E-state index contributed by atoms with van der Waals surface area (Å²) in [6, 6.07) is 3.01. The van der Waals surface area contributed by atoms with E-state index in [0.29, 0.717) is 0 Å². The van der Waals surface area contributed by atoms with E-state index in [1.54, 1.807) is 19.9 Å². The van der Waals surface area contributed by atoms with Gasteiger partial charge in [-0.15, -0.1) is 0 Å². The highest BCUT2D eigenvalue weighted by Crippen LogP contribution is 2.19. The quantitative estimate of drug-likeness (QED) is 0.582. The molecular weight excluding hydrogens is 276 g/mol. The van der Waals surface area contributed by atoms with Crippen molar-refractivity contribution in [2.24, 2.45) is 0 Å². The van der Waals surface area contributed by atoms with Crippen molar-refractivity contribution >= 4 is 17.8 Å². The van der Waals surface area contributed by atoms with Gasteiger partial charge in [0, 0.05) is 12.4 Å². The molecule has 1 rings (SSSR count). The highest BCUT2D eigenvalue weighted by atomic mass is 16.5. The molecule has 0 aromatic carbocycles. The first-order valence-corrected chi connectivity index (χ1v) is 6.50. The topological polar surface area (TPSA) is 97.8 Å². The maximum Gasteiger partial charge on any atom is 0.336 e. The number of nitrogens with one attached hydrogen (secondary N) is 1. The van der Waals surface area contributed by atoms with Crippen molar-refractivity contribution in [3.63, 3.8) is 0 Å². The van der Waals surface area contributed by atoms with Gasteiger partial charge in [0.1, 0.15) is 0 Å². The molecule has 7 nitrogen and oxygen atoms in total. The fourth-order valence-corrected chi connectivity index (χ4v) is 1.44. The number of pyridine rings is 1. The van der Waals surface area contributed by atoms with Gasteiger partial charge in [-0.05, 0) is 26.0 Å². The summed E-state index contributed by atoms with van der Waals surface area (Å²) < 4.78 is 9.66. The summed E-state index contributed by atoms with van der Waals surface area (Å²) in [5.41, 5.74) is 0.0837. The fraction of sp³-hybridized carbons (Fsp3) is 0.357. The number of anilines is 1.